The molecule has 0 aliphatic heterocycles. The molecule has 0 fully saturated rings. The number of aliphatic imine (C=N–C) groups is 1. The second-order valence-corrected chi connectivity index (χ2v) is 7.34. The Hall–Kier alpha value is -2.83. The van der Waals surface area contributed by atoms with E-state index in [2.05, 4.69) is 34.6 Å². The summed E-state index contributed by atoms with van der Waals surface area (Å²) in [6.45, 7) is 8.60. The summed E-state index contributed by atoms with van der Waals surface area (Å²) in [5.74, 6) is 1.92. The highest BCUT2D eigenvalue weighted by Crippen LogP contribution is 2.22. The predicted octanol–water partition coefficient (Wildman–Crippen LogP) is 3.68. The first kappa shape index (κ1) is 23.4. The number of nitrogens with one attached hydrogen (secondary N) is 2. The highest BCUT2D eigenvalue weighted by Gasteiger charge is 2.13. The highest BCUT2D eigenvalue weighted by molar-refractivity contribution is 5.81. The van der Waals surface area contributed by atoms with Crippen molar-refractivity contribution >= 4 is 11.9 Å². The third-order valence-corrected chi connectivity index (χ3v) is 5.04. The van der Waals surface area contributed by atoms with Crippen LogP contribution in [-0.4, -0.2) is 42.1 Å². The maximum Gasteiger partial charge on any atom is 0.224 e. The van der Waals surface area contributed by atoms with Crippen molar-refractivity contribution in [3.8, 4) is 0 Å². The van der Waals surface area contributed by atoms with E-state index in [9.17, 15) is 4.79 Å². The van der Waals surface area contributed by atoms with Crippen LogP contribution >= 0.6 is 0 Å². The monoisotopic (exact) mass is 413 g/mol. The quantitative estimate of drug-likeness (QED) is 0.434. The van der Waals surface area contributed by atoms with Crippen LogP contribution in [0.1, 0.15) is 63.0 Å². The van der Waals surface area contributed by atoms with Gasteiger partial charge in [0.1, 0.15) is 6.54 Å². The van der Waals surface area contributed by atoms with Crippen molar-refractivity contribution in [2.75, 3.05) is 20.1 Å². The molecule has 0 aliphatic rings. The van der Waals surface area contributed by atoms with Gasteiger partial charge >= 0.3 is 0 Å². The van der Waals surface area contributed by atoms with Gasteiger partial charge in [0.25, 0.3) is 0 Å². The fourth-order valence-corrected chi connectivity index (χ4v) is 3.23. The lowest BCUT2D eigenvalue weighted by Crippen LogP contribution is -2.39. The lowest BCUT2D eigenvalue weighted by Gasteiger charge is -2.18. The molecule has 2 N–H and O–H groups in total. The minimum atomic E-state index is 0.0900. The van der Waals surface area contributed by atoms with E-state index in [-0.39, 0.29) is 5.91 Å². The van der Waals surface area contributed by atoms with E-state index in [1.165, 1.54) is 0 Å². The maximum absolute atomic E-state index is 12.4. The molecule has 2 rings (SSSR count). The van der Waals surface area contributed by atoms with Crippen LogP contribution in [-0.2, 0) is 17.9 Å². The molecular weight excluding hydrogens is 378 g/mol. The van der Waals surface area contributed by atoms with Crippen LogP contribution in [0.4, 0.5) is 0 Å². The number of aromatic nitrogens is 1. The molecule has 0 radical (unpaired) electrons. The number of guanidine groups is 1. The number of rotatable bonds is 11. The SMILES string of the molecule is CCNC(=NCc1cc(C(CC)CC)no1)NCCC(=O)N(C)Cc1ccccc1. The van der Waals surface area contributed by atoms with Crippen molar-refractivity contribution in [2.24, 2.45) is 4.99 Å². The van der Waals surface area contributed by atoms with Crippen LogP contribution in [0.15, 0.2) is 45.9 Å². The van der Waals surface area contributed by atoms with Crippen molar-refractivity contribution in [3.05, 3.63) is 53.4 Å². The Bertz CT molecular complexity index is 784. The summed E-state index contributed by atoms with van der Waals surface area (Å²) in [5, 5.41) is 10.6. The molecule has 164 valence electrons. The predicted molar refractivity (Wildman–Crippen MR) is 120 cm³/mol. The van der Waals surface area contributed by atoms with E-state index >= 15 is 0 Å². The second-order valence-electron chi connectivity index (χ2n) is 7.34. The Labute approximate surface area is 179 Å². The molecule has 1 amide bonds. The van der Waals surface area contributed by atoms with Gasteiger partial charge < -0.3 is 20.1 Å². The van der Waals surface area contributed by atoms with Gasteiger partial charge in [0, 0.05) is 45.1 Å². The molecule has 7 heteroatoms. The lowest BCUT2D eigenvalue weighted by atomic mass is 9.99. The standard InChI is InChI=1S/C23H35N5O2/c1-5-19(6-2)21-15-20(30-27-21)16-26-23(24-7-3)25-14-13-22(29)28(4)17-18-11-9-8-10-12-18/h8-12,15,19H,5-7,13-14,16-17H2,1-4H3,(H2,24,25,26). The van der Waals surface area contributed by atoms with Crippen molar-refractivity contribution in [2.45, 2.75) is 59.0 Å². The van der Waals surface area contributed by atoms with Crippen LogP contribution in [0.3, 0.4) is 0 Å². The Morgan fingerprint density at radius 2 is 1.90 bits per heavy atom. The van der Waals surface area contributed by atoms with Gasteiger partial charge in [0.2, 0.25) is 5.91 Å². The number of hydrogen-bond acceptors (Lipinski definition) is 4. The van der Waals surface area contributed by atoms with Crippen LogP contribution < -0.4 is 10.6 Å². The fraction of sp³-hybridized carbons (Fsp3) is 0.522. The Kier molecular flexibility index (Phi) is 9.91. The third kappa shape index (κ3) is 7.54. The molecule has 0 spiro atoms. The van der Waals surface area contributed by atoms with Crippen molar-refractivity contribution in [1.82, 2.24) is 20.7 Å². The topological polar surface area (TPSA) is 82.8 Å². The largest absolute Gasteiger partial charge is 0.359 e. The molecule has 7 nitrogen and oxygen atoms in total. The summed E-state index contributed by atoms with van der Waals surface area (Å²) >= 11 is 0. The van der Waals surface area contributed by atoms with Crippen LogP contribution in [0, 0.1) is 0 Å². The minimum Gasteiger partial charge on any atom is -0.359 e. The summed E-state index contributed by atoms with van der Waals surface area (Å²) in [4.78, 5) is 18.7. The molecule has 30 heavy (non-hydrogen) atoms. The summed E-state index contributed by atoms with van der Waals surface area (Å²) in [6.07, 6.45) is 2.49. The normalized spacial score (nSPS) is 11.6. The zero-order chi connectivity index (χ0) is 21.8. The smallest absolute Gasteiger partial charge is 0.224 e. The van der Waals surface area contributed by atoms with Gasteiger partial charge in [-0.1, -0.05) is 49.3 Å². The maximum atomic E-state index is 12.4. The fourth-order valence-electron chi connectivity index (χ4n) is 3.23. The number of nitrogens with zero attached hydrogens (tertiary/aromatic N) is 3. The summed E-state index contributed by atoms with van der Waals surface area (Å²) in [6, 6.07) is 12.0. The van der Waals surface area contributed by atoms with Gasteiger partial charge in [-0.15, -0.1) is 0 Å². The Morgan fingerprint density at radius 3 is 2.57 bits per heavy atom. The van der Waals surface area contributed by atoms with E-state index in [1.807, 2.05) is 50.4 Å². The van der Waals surface area contributed by atoms with Crippen LogP contribution in [0.25, 0.3) is 0 Å². The van der Waals surface area contributed by atoms with E-state index < -0.39 is 0 Å². The summed E-state index contributed by atoms with van der Waals surface area (Å²) < 4.78 is 5.44. The third-order valence-electron chi connectivity index (χ3n) is 5.04. The van der Waals surface area contributed by atoms with Crippen molar-refractivity contribution in [1.29, 1.82) is 0 Å². The van der Waals surface area contributed by atoms with Gasteiger partial charge in [-0.2, -0.15) is 0 Å². The Morgan fingerprint density at radius 1 is 1.17 bits per heavy atom. The molecule has 0 aliphatic carbocycles. The number of carbonyl (C=O) groups excluding carboxylic acids is 1. The first-order valence-corrected chi connectivity index (χ1v) is 10.8. The van der Waals surface area contributed by atoms with Gasteiger partial charge in [0.15, 0.2) is 11.7 Å². The highest BCUT2D eigenvalue weighted by atomic mass is 16.5. The van der Waals surface area contributed by atoms with Crippen LogP contribution in [0.5, 0.6) is 0 Å². The number of amides is 1. The molecule has 1 aromatic carbocycles. The first-order valence-electron chi connectivity index (χ1n) is 10.8. The number of hydrogen-bond donors (Lipinski definition) is 2. The van der Waals surface area contributed by atoms with E-state index in [1.54, 1.807) is 4.90 Å². The molecule has 1 aromatic heterocycles. The van der Waals surface area contributed by atoms with Crippen LogP contribution in [0.2, 0.25) is 0 Å². The minimum absolute atomic E-state index is 0.0900. The van der Waals surface area contributed by atoms with E-state index in [0.29, 0.717) is 37.9 Å². The summed E-state index contributed by atoms with van der Waals surface area (Å²) in [5.41, 5.74) is 2.12. The van der Waals surface area contributed by atoms with Gasteiger partial charge in [-0.25, -0.2) is 4.99 Å². The molecule has 1 heterocycles. The van der Waals surface area contributed by atoms with E-state index in [0.717, 1.165) is 36.4 Å². The summed E-state index contributed by atoms with van der Waals surface area (Å²) in [7, 11) is 1.83. The molecule has 0 atom stereocenters. The van der Waals surface area contributed by atoms with E-state index in [4.69, 9.17) is 4.52 Å². The van der Waals surface area contributed by atoms with Gasteiger partial charge in [-0.3, -0.25) is 4.79 Å². The Balaban J connectivity index is 1.82. The number of benzene rings is 1. The van der Waals surface area contributed by atoms with Crippen molar-refractivity contribution < 1.29 is 9.32 Å². The zero-order valence-corrected chi connectivity index (χ0v) is 18.6. The first-order chi connectivity index (χ1) is 14.6. The molecule has 0 bridgehead atoms. The molecule has 0 unspecified atom stereocenters. The molecule has 0 saturated heterocycles. The van der Waals surface area contributed by atoms with Gasteiger partial charge in [0.05, 0.1) is 5.69 Å². The average Bonchev–Trinajstić information content (AvgIpc) is 3.22. The average molecular weight is 414 g/mol. The number of carbonyl (C=O) groups is 1. The molecule has 2 aromatic rings. The molecular formula is C23H35N5O2. The van der Waals surface area contributed by atoms with Crippen molar-refractivity contribution in [3.63, 3.8) is 0 Å². The van der Waals surface area contributed by atoms with Gasteiger partial charge in [-0.05, 0) is 25.3 Å². The molecule has 0 saturated carbocycles. The zero-order valence-electron chi connectivity index (χ0n) is 18.6. The lowest BCUT2D eigenvalue weighted by molar-refractivity contribution is -0.130. The second kappa shape index (κ2) is 12.7.